The monoisotopic (exact) mass is 228 g/mol. The molecule has 0 bridgehead atoms. The second-order valence-electron chi connectivity index (χ2n) is 3.87. The Morgan fingerprint density at radius 2 is 2.44 bits per heavy atom. The molecule has 0 radical (unpaired) electrons. The number of imide groups is 1. The second-order valence-corrected chi connectivity index (χ2v) is 3.87. The smallest absolute Gasteiger partial charge is 0.243 e. The van der Waals surface area contributed by atoms with E-state index >= 15 is 0 Å². The molecule has 0 aliphatic carbocycles. The molecule has 2 amide bonds. The number of amides is 2. The number of carbonyl (C=O) groups excluding carboxylic acids is 2. The lowest BCUT2D eigenvalue weighted by Crippen LogP contribution is -2.53. The molecule has 1 aliphatic rings. The van der Waals surface area contributed by atoms with E-state index < -0.39 is 0 Å². The van der Waals surface area contributed by atoms with Crippen molar-refractivity contribution in [3.63, 3.8) is 0 Å². The number of carbonyl (C=O) groups is 2. The summed E-state index contributed by atoms with van der Waals surface area (Å²) in [5.74, 6) is -0.456. The highest BCUT2D eigenvalue weighted by Gasteiger charge is 2.27. The molecular weight excluding hydrogens is 212 g/mol. The van der Waals surface area contributed by atoms with Gasteiger partial charge in [-0.15, -0.1) is 0 Å². The van der Waals surface area contributed by atoms with Crippen LogP contribution in [0.1, 0.15) is 26.2 Å². The maximum Gasteiger partial charge on any atom is 0.243 e. The zero-order chi connectivity index (χ0) is 12.1. The van der Waals surface area contributed by atoms with Crippen molar-refractivity contribution in [1.82, 2.24) is 10.6 Å². The molecule has 7 nitrogen and oxygen atoms in total. The fourth-order valence-corrected chi connectivity index (χ4v) is 1.61. The standard InChI is InChI=1S/C9H16N4O3/c1-5(4-7(10)13-16)11-6-2-3-8(14)12-9(6)15/h5-6,11,16H,2-4H2,1H3,(H2,10,13)(H,12,14,15). The lowest BCUT2D eigenvalue weighted by atomic mass is 10.0. The minimum absolute atomic E-state index is 0.0974. The summed E-state index contributed by atoms with van der Waals surface area (Å²) in [7, 11) is 0. The third-order valence-corrected chi connectivity index (χ3v) is 2.37. The van der Waals surface area contributed by atoms with Crippen LogP contribution in [0.3, 0.4) is 0 Å². The van der Waals surface area contributed by atoms with Crippen LogP contribution in [0.5, 0.6) is 0 Å². The molecule has 1 fully saturated rings. The van der Waals surface area contributed by atoms with E-state index in [9.17, 15) is 9.59 Å². The van der Waals surface area contributed by atoms with E-state index in [0.717, 1.165) is 0 Å². The number of amidine groups is 1. The zero-order valence-corrected chi connectivity index (χ0v) is 9.06. The number of nitrogens with zero attached hydrogens (tertiary/aromatic N) is 1. The van der Waals surface area contributed by atoms with E-state index in [2.05, 4.69) is 15.8 Å². The average molecular weight is 228 g/mol. The Balaban J connectivity index is 2.42. The van der Waals surface area contributed by atoms with Gasteiger partial charge in [-0.3, -0.25) is 14.9 Å². The summed E-state index contributed by atoms with van der Waals surface area (Å²) >= 11 is 0. The summed E-state index contributed by atoms with van der Waals surface area (Å²) in [5, 5.41) is 16.5. The van der Waals surface area contributed by atoms with Gasteiger partial charge < -0.3 is 16.3 Å². The maximum absolute atomic E-state index is 11.4. The molecule has 1 aliphatic heterocycles. The number of hydrogen-bond acceptors (Lipinski definition) is 5. The Hall–Kier alpha value is -1.63. The molecular formula is C9H16N4O3. The van der Waals surface area contributed by atoms with E-state index in [0.29, 0.717) is 19.3 Å². The van der Waals surface area contributed by atoms with E-state index in [1.807, 2.05) is 6.92 Å². The first-order chi connectivity index (χ1) is 7.52. The van der Waals surface area contributed by atoms with Gasteiger partial charge in [0.05, 0.1) is 6.04 Å². The van der Waals surface area contributed by atoms with Crippen molar-refractivity contribution in [3.05, 3.63) is 0 Å². The van der Waals surface area contributed by atoms with Crippen LogP contribution in [0.15, 0.2) is 5.16 Å². The fraction of sp³-hybridized carbons (Fsp3) is 0.667. The van der Waals surface area contributed by atoms with E-state index in [1.165, 1.54) is 0 Å². The van der Waals surface area contributed by atoms with Crippen LogP contribution in [-0.2, 0) is 9.59 Å². The Bertz CT molecular complexity index is 316. The minimum atomic E-state index is -0.390. The molecule has 2 unspecified atom stereocenters. The van der Waals surface area contributed by atoms with Crippen LogP contribution >= 0.6 is 0 Å². The molecule has 16 heavy (non-hydrogen) atoms. The van der Waals surface area contributed by atoms with Crippen LogP contribution < -0.4 is 16.4 Å². The normalized spacial score (nSPS) is 24.1. The molecule has 1 rings (SSSR count). The molecule has 90 valence electrons. The lowest BCUT2D eigenvalue weighted by Gasteiger charge is -2.25. The number of rotatable bonds is 4. The quantitative estimate of drug-likeness (QED) is 0.160. The van der Waals surface area contributed by atoms with Crippen LogP contribution in [0.4, 0.5) is 0 Å². The average Bonchev–Trinajstić information content (AvgIpc) is 2.22. The van der Waals surface area contributed by atoms with E-state index in [-0.39, 0.29) is 29.7 Å². The number of piperidine rings is 1. The van der Waals surface area contributed by atoms with Crippen molar-refractivity contribution in [2.45, 2.75) is 38.3 Å². The zero-order valence-electron chi connectivity index (χ0n) is 9.06. The number of oxime groups is 1. The topological polar surface area (TPSA) is 117 Å². The van der Waals surface area contributed by atoms with Crippen molar-refractivity contribution < 1.29 is 14.8 Å². The van der Waals surface area contributed by atoms with Crippen LogP contribution in [0.25, 0.3) is 0 Å². The van der Waals surface area contributed by atoms with Gasteiger partial charge in [-0.05, 0) is 13.3 Å². The van der Waals surface area contributed by atoms with Gasteiger partial charge in [0.25, 0.3) is 0 Å². The Morgan fingerprint density at radius 3 is 3.00 bits per heavy atom. The largest absolute Gasteiger partial charge is 0.409 e. The van der Waals surface area contributed by atoms with Gasteiger partial charge in [-0.2, -0.15) is 0 Å². The molecule has 0 aromatic rings. The van der Waals surface area contributed by atoms with Crippen LogP contribution in [-0.4, -0.2) is 34.9 Å². The Labute approximate surface area is 93.1 Å². The predicted molar refractivity (Wildman–Crippen MR) is 56.8 cm³/mol. The Morgan fingerprint density at radius 1 is 1.75 bits per heavy atom. The SMILES string of the molecule is CC(CC(N)=NO)NC1CCC(=O)NC1=O. The maximum atomic E-state index is 11.4. The molecule has 5 N–H and O–H groups in total. The third-order valence-electron chi connectivity index (χ3n) is 2.37. The van der Waals surface area contributed by atoms with Gasteiger partial charge >= 0.3 is 0 Å². The summed E-state index contributed by atoms with van der Waals surface area (Å²) in [6, 6.07) is -0.487. The molecule has 0 spiro atoms. The molecule has 1 saturated heterocycles. The van der Waals surface area contributed by atoms with Crippen molar-refractivity contribution >= 4 is 17.6 Å². The molecule has 0 saturated carbocycles. The molecule has 1 heterocycles. The highest BCUT2D eigenvalue weighted by Crippen LogP contribution is 2.06. The molecule has 0 aromatic carbocycles. The second kappa shape index (κ2) is 5.45. The predicted octanol–water partition coefficient (Wildman–Crippen LogP) is -1.09. The Kier molecular flexibility index (Phi) is 4.24. The first kappa shape index (κ1) is 12.4. The van der Waals surface area contributed by atoms with Crippen molar-refractivity contribution in [1.29, 1.82) is 0 Å². The van der Waals surface area contributed by atoms with Gasteiger partial charge in [-0.25, -0.2) is 0 Å². The van der Waals surface area contributed by atoms with Crippen molar-refractivity contribution in [2.75, 3.05) is 0 Å². The van der Waals surface area contributed by atoms with Crippen molar-refractivity contribution in [3.8, 4) is 0 Å². The van der Waals surface area contributed by atoms with Gasteiger partial charge in [0.1, 0.15) is 5.84 Å². The summed E-state index contributed by atoms with van der Waals surface area (Å²) in [5.41, 5.74) is 5.34. The number of nitrogens with two attached hydrogens (primary N) is 1. The van der Waals surface area contributed by atoms with Gasteiger partial charge in [0, 0.05) is 18.9 Å². The molecule has 0 aromatic heterocycles. The molecule has 7 heteroatoms. The molecule has 2 atom stereocenters. The first-order valence-electron chi connectivity index (χ1n) is 5.09. The highest BCUT2D eigenvalue weighted by molar-refractivity contribution is 6.00. The van der Waals surface area contributed by atoms with Gasteiger partial charge in [0.15, 0.2) is 0 Å². The van der Waals surface area contributed by atoms with Crippen molar-refractivity contribution in [2.24, 2.45) is 10.9 Å². The number of hydrogen-bond donors (Lipinski definition) is 4. The van der Waals surface area contributed by atoms with Crippen LogP contribution in [0, 0.1) is 0 Å². The third kappa shape index (κ3) is 3.50. The summed E-state index contributed by atoms with van der Waals surface area (Å²) < 4.78 is 0. The summed E-state index contributed by atoms with van der Waals surface area (Å²) in [4.78, 5) is 22.3. The summed E-state index contributed by atoms with van der Waals surface area (Å²) in [6.45, 7) is 1.82. The fourth-order valence-electron chi connectivity index (χ4n) is 1.61. The van der Waals surface area contributed by atoms with E-state index in [1.54, 1.807) is 0 Å². The first-order valence-corrected chi connectivity index (χ1v) is 5.09. The lowest BCUT2D eigenvalue weighted by molar-refractivity contribution is -0.134. The van der Waals surface area contributed by atoms with E-state index in [4.69, 9.17) is 10.9 Å². The summed E-state index contributed by atoms with van der Waals surface area (Å²) in [6.07, 6.45) is 1.15. The van der Waals surface area contributed by atoms with Gasteiger partial charge in [-0.1, -0.05) is 5.16 Å². The minimum Gasteiger partial charge on any atom is -0.409 e. The highest BCUT2D eigenvalue weighted by atomic mass is 16.4. The van der Waals surface area contributed by atoms with Gasteiger partial charge in [0.2, 0.25) is 11.8 Å². The van der Waals surface area contributed by atoms with Crippen LogP contribution in [0.2, 0.25) is 0 Å². The number of nitrogens with one attached hydrogen (secondary N) is 2.